The Bertz CT molecular complexity index is 1290. The van der Waals surface area contributed by atoms with Gasteiger partial charge in [-0.15, -0.1) is 0 Å². The van der Waals surface area contributed by atoms with Crippen LogP contribution in [0, 0.1) is 25.5 Å². The quantitative estimate of drug-likeness (QED) is 0.462. The predicted octanol–water partition coefficient (Wildman–Crippen LogP) is 5.44. The molecule has 0 spiro atoms. The third-order valence-electron chi connectivity index (χ3n) is 4.79. The number of rotatable bonds is 3. The lowest BCUT2D eigenvalue weighted by molar-refractivity contribution is 0.587. The van der Waals surface area contributed by atoms with Gasteiger partial charge in [-0.3, -0.25) is 0 Å². The van der Waals surface area contributed by atoms with Gasteiger partial charge in [0.1, 0.15) is 11.6 Å². The van der Waals surface area contributed by atoms with E-state index in [4.69, 9.17) is 0 Å². The van der Waals surface area contributed by atoms with E-state index in [1.54, 1.807) is 49.4 Å². The fourth-order valence-electron chi connectivity index (χ4n) is 3.48. The lowest BCUT2D eigenvalue weighted by atomic mass is 10.1. The first-order valence-corrected chi connectivity index (χ1v) is 10.1. The summed E-state index contributed by atoms with van der Waals surface area (Å²) >= 11 is 0. The summed E-state index contributed by atoms with van der Waals surface area (Å²) in [5, 5.41) is 0.0935. The lowest BCUT2D eigenvalue weighted by Gasteiger charge is -2.13. The van der Waals surface area contributed by atoms with Crippen LogP contribution in [0.15, 0.2) is 71.6 Å². The van der Waals surface area contributed by atoms with E-state index in [0.717, 1.165) is 21.7 Å². The van der Waals surface area contributed by atoms with Crippen molar-refractivity contribution >= 4 is 20.9 Å². The Balaban J connectivity index is 2.16. The van der Waals surface area contributed by atoms with Crippen LogP contribution >= 0.6 is 0 Å². The normalized spacial score (nSPS) is 11.9. The highest BCUT2D eigenvalue weighted by Crippen LogP contribution is 2.37. The van der Waals surface area contributed by atoms with Crippen LogP contribution in [0.3, 0.4) is 0 Å². The molecule has 28 heavy (non-hydrogen) atoms. The standard InChI is InChI=1S/C22H17F2NO2S/c1-14-8-10-18(11-9-14)28(26,27)25-20-13-17(23)12-19(24)21(20)15(2)22(25)16-6-4-3-5-7-16/h3-13H,1-2H3. The highest BCUT2D eigenvalue weighted by molar-refractivity contribution is 7.90. The van der Waals surface area contributed by atoms with E-state index in [1.807, 2.05) is 6.92 Å². The molecule has 0 unspecified atom stereocenters. The van der Waals surface area contributed by atoms with E-state index in [9.17, 15) is 17.2 Å². The minimum atomic E-state index is -4.09. The van der Waals surface area contributed by atoms with E-state index in [1.165, 1.54) is 12.1 Å². The van der Waals surface area contributed by atoms with Crippen molar-refractivity contribution in [2.75, 3.05) is 0 Å². The van der Waals surface area contributed by atoms with Gasteiger partial charge in [-0.2, -0.15) is 0 Å². The zero-order valence-corrected chi connectivity index (χ0v) is 16.1. The first-order chi connectivity index (χ1) is 13.3. The molecule has 4 rings (SSSR count). The summed E-state index contributed by atoms with van der Waals surface area (Å²) in [7, 11) is -4.09. The zero-order valence-electron chi connectivity index (χ0n) is 15.3. The van der Waals surface area contributed by atoms with Crippen molar-refractivity contribution in [3.8, 4) is 11.3 Å². The molecule has 6 heteroatoms. The minimum absolute atomic E-state index is 0.0190. The molecule has 1 aromatic heterocycles. The largest absolute Gasteiger partial charge is 0.268 e. The van der Waals surface area contributed by atoms with Crippen LogP contribution < -0.4 is 0 Å². The van der Waals surface area contributed by atoms with E-state index in [-0.39, 0.29) is 15.8 Å². The zero-order chi connectivity index (χ0) is 20.1. The van der Waals surface area contributed by atoms with Crippen LogP contribution in [0.5, 0.6) is 0 Å². The van der Waals surface area contributed by atoms with E-state index in [0.29, 0.717) is 16.8 Å². The Morgan fingerprint density at radius 2 is 1.50 bits per heavy atom. The number of nitrogens with zero attached hydrogens (tertiary/aromatic N) is 1. The third kappa shape index (κ3) is 2.81. The van der Waals surface area contributed by atoms with E-state index in [2.05, 4.69) is 0 Å². The average Bonchev–Trinajstić information content (AvgIpc) is 2.96. The van der Waals surface area contributed by atoms with Crippen molar-refractivity contribution in [2.24, 2.45) is 0 Å². The summed E-state index contributed by atoms with van der Waals surface area (Å²) in [4.78, 5) is 0.0526. The van der Waals surface area contributed by atoms with Gasteiger partial charge in [0.05, 0.1) is 16.1 Å². The van der Waals surface area contributed by atoms with Gasteiger partial charge in [0.15, 0.2) is 0 Å². The molecule has 1 heterocycles. The first-order valence-electron chi connectivity index (χ1n) is 8.68. The molecule has 0 atom stereocenters. The second kappa shape index (κ2) is 6.56. The Kier molecular flexibility index (Phi) is 4.31. The topological polar surface area (TPSA) is 39.1 Å². The molecule has 3 nitrogen and oxygen atoms in total. The van der Waals surface area contributed by atoms with Crippen LogP contribution in [0.1, 0.15) is 11.1 Å². The maximum absolute atomic E-state index is 14.6. The van der Waals surface area contributed by atoms with Crippen molar-refractivity contribution in [2.45, 2.75) is 18.7 Å². The SMILES string of the molecule is Cc1ccc(S(=O)(=O)n2c(-c3ccccc3)c(C)c3c(F)cc(F)cc32)cc1. The highest BCUT2D eigenvalue weighted by atomic mass is 32.2. The summed E-state index contributed by atoms with van der Waals surface area (Å²) in [6, 6.07) is 17.0. The Hall–Kier alpha value is -2.99. The number of hydrogen-bond donors (Lipinski definition) is 0. The number of benzene rings is 3. The van der Waals surface area contributed by atoms with Crippen molar-refractivity contribution in [1.82, 2.24) is 3.97 Å². The van der Waals surface area contributed by atoms with Crippen molar-refractivity contribution in [3.63, 3.8) is 0 Å². The smallest absolute Gasteiger partial charge is 0.233 e. The molecule has 0 aliphatic carbocycles. The lowest BCUT2D eigenvalue weighted by Crippen LogP contribution is -2.14. The summed E-state index contributed by atoms with van der Waals surface area (Å²) in [5.41, 5.74) is 2.25. The third-order valence-corrected chi connectivity index (χ3v) is 6.52. The summed E-state index contributed by atoms with van der Waals surface area (Å²) in [6.07, 6.45) is 0. The van der Waals surface area contributed by atoms with Gasteiger partial charge < -0.3 is 0 Å². The maximum Gasteiger partial charge on any atom is 0.268 e. The number of aryl methyl sites for hydroxylation is 2. The molecule has 0 radical (unpaired) electrons. The Labute approximate surface area is 161 Å². The predicted molar refractivity (Wildman–Crippen MR) is 106 cm³/mol. The van der Waals surface area contributed by atoms with Gasteiger partial charge in [0.25, 0.3) is 10.0 Å². The van der Waals surface area contributed by atoms with Crippen LogP contribution in [0.4, 0.5) is 8.78 Å². The number of halogens is 2. The molecule has 0 aliphatic rings. The number of fused-ring (bicyclic) bond motifs is 1. The van der Waals surface area contributed by atoms with Crippen molar-refractivity contribution < 1.29 is 17.2 Å². The molecule has 4 aromatic rings. The van der Waals surface area contributed by atoms with Gasteiger partial charge in [0, 0.05) is 11.5 Å². The summed E-state index contributed by atoms with van der Waals surface area (Å²) in [6.45, 7) is 3.50. The maximum atomic E-state index is 14.6. The molecule has 0 fully saturated rings. The van der Waals surface area contributed by atoms with Crippen LogP contribution in [0.25, 0.3) is 22.2 Å². The second-order valence-electron chi connectivity index (χ2n) is 6.70. The summed E-state index contributed by atoms with van der Waals surface area (Å²) in [5.74, 6) is -1.62. The van der Waals surface area contributed by atoms with Crippen LogP contribution in [-0.2, 0) is 10.0 Å². The monoisotopic (exact) mass is 397 g/mol. The molecule has 0 bridgehead atoms. The average molecular weight is 397 g/mol. The molecular weight excluding hydrogens is 380 g/mol. The van der Waals surface area contributed by atoms with Crippen molar-refractivity contribution in [1.29, 1.82) is 0 Å². The fourth-order valence-corrected chi connectivity index (χ4v) is 5.05. The molecule has 0 saturated carbocycles. The van der Waals surface area contributed by atoms with Crippen molar-refractivity contribution in [3.05, 3.63) is 89.5 Å². The Morgan fingerprint density at radius 3 is 2.14 bits per heavy atom. The van der Waals surface area contributed by atoms with Gasteiger partial charge in [-0.05, 0) is 43.2 Å². The number of hydrogen-bond acceptors (Lipinski definition) is 2. The van der Waals surface area contributed by atoms with E-state index < -0.39 is 21.7 Å². The second-order valence-corrected chi connectivity index (χ2v) is 8.49. The van der Waals surface area contributed by atoms with Crippen LogP contribution in [-0.4, -0.2) is 12.4 Å². The molecule has 0 N–H and O–H groups in total. The molecular formula is C22H17F2NO2S. The summed E-state index contributed by atoms with van der Waals surface area (Å²) < 4.78 is 56.7. The van der Waals surface area contributed by atoms with E-state index >= 15 is 0 Å². The molecule has 3 aromatic carbocycles. The minimum Gasteiger partial charge on any atom is -0.233 e. The molecule has 0 aliphatic heterocycles. The highest BCUT2D eigenvalue weighted by Gasteiger charge is 2.28. The molecule has 0 amide bonds. The van der Waals surface area contributed by atoms with Gasteiger partial charge in [-0.1, -0.05) is 48.0 Å². The first kappa shape index (κ1) is 18.4. The fraction of sp³-hybridized carbons (Fsp3) is 0.0909. The van der Waals surface area contributed by atoms with Crippen LogP contribution in [0.2, 0.25) is 0 Å². The Morgan fingerprint density at radius 1 is 0.857 bits per heavy atom. The number of aromatic nitrogens is 1. The van der Waals surface area contributed by atoms with Gasteiger partial charge in [-0.25, -0.2) is 21.2 Å². The van der Waals surface area contributed by atoms with Gasteiger partial charge in [0.2, 0.25) is 0 Å². The van der Waals surface area contributed by atoms with Gasteiger partial charge >= 0.3 is 0 Å². The molecule has 0 saturated heterocycles. The molecule has 142 valence electrons.